The molecule has 1 aliphatic rings. The normalized spacial score (nSPS) is 18.8. The summed E-state index contributed by atoms with van der Waals surface area (Å²) in [5.41, 5.74) is 0. The van der Waals surface area contributed by atoms with E-state index in [1.165, 1.54) is 12.5 Å². The monoisotopic (exact) mass is 225 g/mol. The molecule has 4 nitrogen and oxygen atoms in total. The van der Waals surface area contributed by atoms with E-state index in [1.807, 2.05) is 0 Å². The average molecular weight is 225 g/mol. The van der Waals surface area contributed by atoms with Crippen molar-refractivity contribution in [1.29, 1.82) is 0 Å². The van der Waals surface area contributed by atoms with Gasteiger partial charge in [-0.1, -0.05) is 25.3 Å². The van der Waals surface area contributed by atoms with Gasteiger partial charge in [0.15, 0.2) is 0 Å². The molecule has 16 heavy (non-hydrogen) atoms. The van der Waals surface area contributed by atoms with Crippen molar-refractivity contribution in [2.45, 2.75) is 44.6 Å². The summed E-state index contributed by atoms with van der Waals surface area (Å²) >= 11 is 0. The Balaban J connectivity index is 2.46. The molecule has 1 saturated carbocycles. The highest BCUT2D eigenvalue weighted by atomic mass is 16.4. The molecular formula is C12H19NO3. The van der Waals surface area contributed by atoms with Gasteiger partial charge in [0.05, 0.1) is 0 Å². The van der Waals surface area contributed by atoms with Gasteiger partial charge in [-0.2, -0.15) is 0 Å². The van der Waals surface area contributed by atoms with Crippen LogP contribution >= 0.6 is 0 Å². The molecular weight excluding hydrogens is 206 g/mol. The highest BCUT2D eigenvalue weighted by Gasteiger charge is 2.25. The smallest absolute Gasteiger partial charge is 0.326 e. The minimum Gasteiger partial charge on any atom is -0.480 e. The maximum atomic E-state index is 11.8. The van der Waals surface area contributed by atoms with Gasteiger partial charge in [0.25, 0.3) is 0 Å². The van der Waals surface area contributed by atoms with Crippen molar-refractivity contribution < 1.29 is 14.7 Å². The average Bonchev–Trinajstić information content (AvgIpc) is 2.29. The molecule has 1 aliphatic carbocycles. The van der Waals surface area contributed by atoms with Crippen LogP contribution in [0, 0.1) is 5.92 Å². The van der Waals surface area contributed by atoms with Gasteiger partial charge in [0.2, 0.25) is 5.91 Å². The second-order valence-corrected chi connectivity index (χ2v) is 4.26. The van der Waals surface area contributed by atoms with E-state index in [1.54, 1.807) is 0 Å². The highest BCUT2D eigenvalue weighted by Crippen LogP contribution is 2.23. The Morgan fingerprint density at radius 3 is 2.50 bits per heavy atom. The zero-order chi connectivity index (χ0) is 12.0. The van der Waals surface area contributed by atoms with E-state index >= 15 is 0 Å². The van der Waals surface area contributed by atoms with Gasteiger partial charge in [-0.05, 0) is 19.3 Å². The summed E-state index contributed by atoms with van der Waals surface area (Å²) in [5, 5.41) is 11.5. The van der Waals surface area contributed by atoms with Gasteiger partial charge in [-0.15, -0.1) is 6.58 Å². The molecule has 0 aliphatic heterocycles. The molecule has 0 spiro atoms. The van der Waals surface area contributed by atoms with Crippen LogP contribution in [0.1, 0.15) is 38.5 Å². The number of nitrogens with one attached hydrogen (secondary N) is 1. The molecule has 0 unspecified atom stereocenters. The van der Waals surface area contributed by atoms with Crippen LogP contribution in [0.3, 0.4) is 0 Å². The third kappa shape index (κ3) is 3.68. The van der Waals surface area contributed by atoms with Crippen LogP contribution < -0.4 is 5.32 Å². The molecule has 0 saturated heterocycles. The lowest BCUT2D eigenvalue weighted by atomic mass is 9.88. The Labute approximate surface area is 95.7 Å². The summed E-state index contributed by atoms with van der Waals surface area (Å²) < 4.78 is 0. The summed E-state index contributed by atoms with van der Waals surface area (Å²) in [6, 6.07) is -0.827. The summed E-state index contributed by atoms with van der Waals surface area (Å²) in [7, 11) is 0. The molecule has 0 aromatic rings. The quantitative estimate of drug-likeness (QED) is 0.700. The Hall–Kier alpha value is -1.32. The second kappa shape index (κ2) is 6.30. The Bertz CT molecular complexity index is 269. The number of carboxylic acids is 1. The zero-order valence-corrected chi connectivity index (χ0v) is 9.45. The van der Waals surface area contributed by atoms with E-state index in [0.717, 1.165) is 25.7 Å². The summed E-state index contributed by atoms with van der Waals surface area (Å²) in [4.78, 5) is 22.6. The van der Waals surface area contributed by atoms with E-state index in [-0.39, 0.29) is 18.2 Å². The summed E-state index contributed by atoms with van der Waals surface area (Å²) in [5.74, 6) is -1.11. The lowest BCUT2D eigenvalue weighted by molar-refractivity contribution is -0.142. The number of carbonyl (C=O) groups is 2. The molecule has 4 heteroatoms. The number of carbonyl (C=O) groups excluding carboxylic acids is 1. The topological polar surface area (TPSA) is 66.4 Å². The Morgan fingerprint density at radius 2 is 2.00 bits per heavy atom. The van der Waals surface area contributed by atoms with Crippen LogP contribution in [0.15, 0.2) is 12.7 Å². The molecule has 0 radical (unpaired) electrons. The van der Waals surface area contributed by atoms with Gasteiger partial charge in [-0.3, -0.25) is 4.79 Å². The molecule has 1 amide bonds. The van der Waals surface area contributed by atoms with Crippen molar-refractivity contribution in [3.05, 3.63) is 12.7 Å². The summed E-state index contributed by atoms with van der Waals surface area (Å²) in [6.07, 6.45) is 6.86. The molecule has 0 heterocycles. The fourth-order valence-electron chi connectivity index (χ4n) is 2.04. The van der Waals surface area contributed by atoms with Gasteiger partial charge < -0.3 is 10.4 Å². The number of hydrogen-bond donors (Lipinski definition) is 2. The molecule has 0 bridgehead atoms. The number of aliphatic carboxylic acids is 1. The zero-order valence-electron chi connectivity index (χ0n) is 9.45. The Morgan fingerprint density at radius 1 is 1.38 bits per heavy atom. The van der Waals surface area contributed by atoms with Crippen molar-refractivity contribution >= 4 is 11.9 Å². The number of hydrogen-bond acceptors (Lipinski definition) is 2. The molecule has 0 aromatic carbocycles. The van der Waals surface area contributed by atoms with E-state index < -0.39 is 12.0 Å². The van der Waals surface area contributed by atoms with Crippen LogP contribution in [-0.4, -0.2) is 23.0 Å². The van der Waals surface area contributed by atoms with Crippen LogP contribution in [-0.2, 0) is 9.59 Å². The molecule has 2 N–H and O–H groups in total. The van der Waals surface area contributed by atoms with E-state index in [2.05, 4.69) is 11.9 Å². The van der Waals surface area contributed by atoms with E-state index in [0.29, 0.717) is 0 Å². The molecule has 1 rings (SSSR count). The van der Waals surface area contributed by atoms with Crippen molar-refractivity contribution in [1.82, 2.24) is 5.32 Å². The third-order valence-corrected chi connectivity index (χ3v) is 2.99. The first-order valence-electron chi connectivity index (χ1n) is 5.79. The predicted molar refractivity (Wildman–Crippen MR) is 61.0 cm³/mol. The fraction of sp³-hybridized carbons (Fsp3) is 0.667. The lowest BCUT2D eigenvalue weighted by Crippen LogP contribution is -2.43. The molecule has 1 fully saturated rings. The minimum absolute atomic E-state index is 0.000385. The fourth-order valence-corrected chi connectivity index (χ4v) is 2.04. The van der Waals surface area contributed by atoms with Crippen molar-refractivity contribution in [3.8, 4) is 0 Å². The van der Waals surface area contributed by atoms with Gasteiger partial charge in [0, 0.05) is 5.92 Å². The van der Waals surface area contributed by atoms with Crippen LogP contribution in [0.25, 0.3) is 0 Å². The maximum absolute atomic E-state index is 11.8. The van der Waals surface area contributed by atoms with E-state index in [9.17, 15) is 9.59 Å². The standard InChI is InChI=1S/C12H19NO3/c1-2-6-10(12(15)16)13-11(14)9-7-4-3-5-8-9/h2,9-10H,1,3-8H2,(H,13,14)(H,15,16)/t10-/m0/s1. The number of amides is 1. The predicted octanol–water partition coefficient (Wildman–Crippen LogP) is 1.71. The number of carboxylic acid groups (broad SMARTS) is 1. The van der Waals surface area contributed by atoms with Crippen LogP contribution in [0.2, 0.25) is 0 Å². The maximum Gasteiger partial charge on any atom is 0.326 e. The van der Waals surface area contributed by atoms with Crippen LogP contribution in [0.4, 0.5) is 0 Å². The summed E-state index contributed by atoms with van der Waals surface area (Å²) in [6.45, 7) is 3.49. The molecule has 90 valence electrons. The second-order valence-electron chi connectivity index (χ2n) is 4.26. The van der Waals surface area contributed by atoms with E-state index in [4.69, 9.17) is 5.11 Å². The first-order chi connectivity index (χ1) is 7.65. The minimum atomic E-state index is -0.996. The first kappa shape index (κ1) is 12.7. The first-order valence-corrected chi connectivity index (χ1v) is 5.79. The van der Waals surface area contributed by atoms with Gasteiger partial charge >= 0.3 is 5.97 Å². The van der Waals surface area contributed by atoms with Crippen molar-refractivity contribution in [2.75, 3.05) is 0 Å². The van der Waals surface area contributed by atoms with Crippen molar-refractivity contribution in [2.24, 2.45) is 5.92 Å². The lowest BCUT2D eigenvalue weighted by Gasteiger charge is -2.22. The van der Waals surface area contributed by atoms with Gasteiger partial charge in [-0.25, -0.2) is 4.79 Å². The van der Waals surface area contributed by atoms with Crippen molar-refractivity contribution in [3.63, 3.8) is 0 Å². The van der Waals surface area contributed by atoms with Crippen LogP contribution in [0.5, 0.6) is 0 Å². The molecule has 1 atom stereocenters. The Kier molecular flexibility index (Phi) is 5.02. The molecule has 0 aromatic heterocycles. The SMILES string of the molecule is C=CC[C@H](NC(=O)C1CCCCC1)C(=O)O. The number of rotatable bonds is 5. The highest BCUT2D eigenvalue weighted by molar-refractivity contribution is 5.85. The third-order valence-electron chi connectivity index (χ3n) is 2.99. The largest absolute Gasteiger partial charge is 0.480 e. The van der Waals surface area contributed by atoms with Gasteiger partial charge in [0.1, 0.15) is 6.04 Å².